The van der Waals surface area contributed by atoms with Crippen molar-refractivity contribution in [2.45, 2.75) is 53.0 Å². The van der Waals surface area contributed by atoms with Crippen molar-refractivity contribution in [1.29, 1.82) is 0 Å². The minimum absolute atomic E-state index is 0.698. The molecule has 3 heteroatoms. The van der Waals surface area contributed by atoms with Crippen molar-refractivity contribution in [3.63, 3.8) is 0 Å². The van der Waals surface area contributed by atoms with Crippen LogP contribution in [-0.2, 0) is 6.54 Å². The molecule has 1 fully saturated rings. The molecule has 1 aromatic heterocycles. The molecule has 0 aliphatic carbocycles. The summed E-state index contributed by atoms with van der Waals surface area (Å²) in [6.07, 6.45) is 6.63. The van der Waals surface area contributed by atoms with Gasteiger partial charge in [-0.25, -0.2) is 4.98 Å². The maximum atomic E-state index is 4.41. The highest BCUT2D eigenvalue weighted by Crippen LogP contribution is 2.28. The van der Waals surface area contributed by atoms with Crippen molar-refractivity contribution in [2.75, 3.05) is 13.1 Å². The first-order chi connectivity index (χ1) is 9.09. The Kier molecular flexibility index (Phi) is 5.03. The van der Waals surface area contributed by atoms with Crippen LogP contribution in [0, 0.1) is 17.8 Å². The van der Waals surface area contributed by atoms with Gasteiger partial charge >= 0.3 is 0 Å². The normalized spacial score (nSPS) is 17.8. The molecule has 0 radical (unpaired) electrons. The standard InChI is InChI=1S/C16H29N3/c1-12(2)15(13(3)4)10-19-11-18-9-16(19)14-5-7-17-8-6-14/h9,11-15,17H,5-8,10H2,1-4H3. The Morgan fingerprint density at radius 1 is 1.21 bits per heavy atom. The fraction of sp³-hybridized carbons (Fsp3) is 0.812. The number of imidazole rings is 1. The van der Waals surface area contributed by atoms with Gasteiger partial charge in [-0.1, -0.05) is 27.7 Å². The van der Waals surface area contributed by atoms with Gasteiger partial charge in [0.1, 0.15) is 0 Å². The number of nitrogens with one attached hydrogen (secondary N) is 1. The average molecular weight is 263 g/mol. The molecule has 0 aromatic carbocycles. The molecule has 19 heavy (non-hydrogen) atoms. The Bertz CT molecular complexity index is 367. The van der Waals surface area contributed by atoms with E-state index in [1.54, 1.807) is 0 Å². The van der Waals surface area contributed by atoms with E-state index in [9.17, 15) is 0 Å². The zero-order valence-electron chi connectivity index (χ0n) is 12.9. The summed E-state index contributed by atoms with van der Waals surface area (Å²) >= 11 is 0. The second-order valence-corrected chi connectivity index (χ2v) is 6.65. The van der Waals surface area contributed by atoms with Crippen molar-refractivity contribution in [2.24, 2.45) is 17.8 Å². The highest BCUT2D eigenvalue weighted by Gasteiger charge is 2.22. The van der Waals surface area contributed by atoms with Crippen molar-refractivity contribution in [3.8, 4) is 0 Å². The lowest BCUT2D eigenvalue weighted by Crippen LogP contribution is -2.29. The third-order valence-corrected chi connectivity index (χ3v) is 4.62. The molecule has 108 valence electrons. The number of aromatic nitrogens is 2. The first-order valence-corrected chi connectivity index (χ1v) is 7.80. The smallest absolute Gasteiger partial charge is 0.0948 e. The Morgan fingerprint density at radius 2 is 1.84 bits per heavy atom. The monoisotopic (exact) mass is 263 g/mol. The number of piperidine rings is 1. The van der Waals surface area contributed by atoms with Crippen molar-refractivity contribution < 1.29 is 0 Å². The van der Waals surface area contributed by atoms with Crippen molar-refractivity contribution >= 4 is 0 Å². The minimum Gasteiger partial charge on any atom is -0.334 e. The molecule has 0 unspecified atom stereocenters. The Labute approximate surface area is 117 Å². The van der Waals surface area contributed by atoms with E-state index in [4.69, 9.17) is 0 Å². The van der Waals surface area contributed by atoms with Crippen molar-refractivity contribution in [3.05, 3.63) is 18.2 Å². The summed E-state index contributed by atoms with van der Waals surface area (Å²) in [5, 5.41) is 3.44. The van der Waals surface area contributed by atoms with Gasteiger partial charge in [0, 0.05) is 24.4 Å². The number of nitrogens with zero attached hydrogens (tertiary/aromatic N) is 2. The molecule has 3 nitrogen and oxygen atoms in total. The predicted molar refractivity (Wildman–Crippen MR) is 80.2 cm³/mol. The van der Waals surface area contributed by atoms with E-state index in [0.717, 1.165) is 37.4 Å². The van der Waals surface area contributed by atoms with Gasteiger partial charge in [0.2, 0.25) is 0 Å². The van der Waals surface area contributed by atoms with Crippen LogP contribution in [0.1, 0.15) is 52.1 Å². The van der Waals surface area contributed by atoms with Crippen LogP contribution < -0.4 is 5.32 Å². The van der Waals surface area contributed by atoms with Crippen molar-refractivity contribution in [1.82, 2.24) is 14.9 Å². The van der Waals surface area contributed by atoms with Crippen LogP contribution in [0.5, 0.6) is 0 Å². The van der Waals surface area contributed by atoms with Crippen LogP contribution >= 0.6 is 0 Å². The molecule has 1 saturated heterocycles. The highest BCUT2D eigenvalue weighted by molar-refractivity contribution is 5.08. The zero-order valence-corrected chi connectivity index (χ0v) is 12.9. The van der Waals surface area contributed by atoms with Gasteiger partial charge in [-0.05, 0) is 43.7 Å². The summed E-state index contributed by atoms with van der Waals surface area (Å²) in [6.45, 7) is 12.8. The van der Waals surface area contributed by atoms with Crippen LogP contribution in [0.25, 0.3) is 0 Å². The second-order valence-electron chi connectivity index (χ2n) is 6.65. The lowest BCUT2D eigenvalue weighted by Gasteiger charge is -2.28. The lowest BCUT2D eigenvalue weighted by atomic mass is 9.85. The first-order valence-electron chi connectivity index (χ1n) is 7.80. The summed E-state index contributed by atoms with van der Waals surface area (Å²) in [5.74, 6) is 2.88. The molecule has 1 aliphatic heterocycles. The van der Waals surface area contributed by atoms with E-state index in [-0.39, 0.29) is 0 Å². The summed E-state index contributed by atoms with van der Waals surface area (Å²) < 4.78 is 2.42. The van der Waals surface area contributed by atoms with Gasteiger partial charge in [-0.3, -0.25) is 0 Å². The van der Waals surface area contributed by atoms with Gasteiger partial charge in [-0.2, -0.15) is 0 Å². The molecule has 0 saturated carbocycles. The van der Waals surface area contributed by atoms with Gasteiger partial charge < -0.3 is 9.88 Å². The van der Waals surface area contributed by atoms with Gasteiger partial charge in [-0.15, -0.1) is 0 Å². The second kappa shape index (κ2) is 6.56. The molecule has 0 bridgehead atoms. The van der Waals surface area contributed by atoms with Crippen LogP contribution in [0.2, 0.25) is 0 Å². The minimum atomic E-state index is 0.698. The Balaban J connectivity index is 2.10. The predicted octanol–water partition coefficient (Wildman–Crippen LogP) is 3.28. The first kappa shape index (κ1) is 14.6. The molecule has 2 rings (SSSR count). The maximum absolute atomic E-state index is 4.41. The number of hydrogen-bond donors (Lipinski definition) is 1. The third-order valence-electron chi connectivity index (χ3n) is 4.62. The Morgan fingerprint density at radius 3 is 2.42 bits per heavy atom. The molecule has 0 atom stereocenters. The largest absolute Gasteiger partial charge is 0.334 e. The maximum Gasteiger partial charge on any atom is 0.0948 e. The molecule has 1 aromatic rings. The molecule has 1 aliphatic rings. The van der Waals surface area contributed by atoms with Crippen LogP contribution in [0.4, 0.5) is 0 Å². The van der Waals surface area contributed by atoms with E-state index < -0.39 is 0 Å². The van der Waals surface area contributed by atoms with E-state index in [1.807, 2.05) is 6.33 Å². The topological polar surface area (TPSA) is 29.9 Å². The molecular weight excluding hydrogens is 234 g/mol. The zero-order chi connectivity index (χ0) is 13.8. The summed E-state index contributed by atoms with van der Waals surface area (Å²) in [6, 6.07) is 0. The number of hydrogen-bond acceptors (Lipinski definition) is 2. The SMILES string of the molecule is CC(C)C(Cn1cncc1C1CCNCC1)C(C)C. The van der Waals surface area contributed by atoms with Gasteiger partial charge in [0.15, 0.2) is 0 Å². The molecule has 0 spiro atoms. The fourth-order valence-electron chi connectivity index (χ4n) is 3.36. The molecule has 2 heterocycles. The van der Waals surface area contributed by atoms with E-state index >= 15 is 0 Å². The number of rotatable bonds is 5. The van der Waals surface area contributed by atoms with Crippen LogP contribution in [-0.4, -0.2) is 22.6 Å². The summed E-state index contributed by atoms with van der Waals surface area (Å²) in [4.78, 5) is 4.41. The van der Waals surface area contributed by atoms with Gasteiger partial charge in [0.25, 0.3) is 0 Å². The highest BCUT2D eigenvalue weighted by atomic mass is 15.1. The lowest BCUT2D eigenvalue weighted by molar-refractivity contribution is 0.247. The van der Waals surface area contributed by atoms with Gasteiger partial charge in [0.05, 0.1) is 6.33 Å². The van der Waals surface area contributed by atoms with Crippen LogP contribution in [0.15, 0.2) is 12.5 Å². The molecular formula is C16H29N3. The molecule has 1 N–H and O–H groups in total. The average Bonchev–Trinajstić information content (AvgIpc) is 2.84. The third kappa shape index (κ3) is 3.59. The quantitative estimate of drug-likeness (QED) is 0.883. The molecule has 0 amide bonds. The fourth-order valence-corrected chi connectivity index (χ4v) is 3.36. The summed E-state index contributed by atoms with van der Waals surface area (Å²) in [5.41, 5.74) is 1.45. The van der Waals surface area contributed by atoms with E-state index in [2.05, 4.69) is 48.8 Å². The van der Waals surface area contributed by atoms with E-state index in [1.165, 1.54) is 18.5 Å². The Hall–Kier alpha value is -0.830. The summed E-state index contributed by atoms with van der Waals surface area (Å²) in [7, 11) is 0. The van der Waals surface area contributed by atoms with E-state index in [0.29, 0.717) is 5.92 Å². The van der Waals surface area contributed by atoms with Crippen LogP contribution in [0.3, 0.4) is 0 Å².